The minimum atomic E-state index is -1.08. The van der Waals surface area contributed by atoms with Gasteiger partial charge in [0.05, 0.1) is 24.2 Å². The molecule has 8 nitrogen and oxygen atoms in total. The van der Waals surface area contributed by atoms with Gasteiger partial charge in [0.2, 0.25) is 0 Å². The summed E-state index contributed by atoms with van der Waals surface area (Å²) in [5.41, 5.74) is 1.43. The lowest BCUT2D eigenvalue weighted by Gasteiger charge is -2.30. The maximum absolute atomic E-state index is 12.5. The van der Waals surface area contributed by atoms with Crippen molar-refractivity contribution in [3.05, 3.63) is 34.2 Å². The number of rotatable bonds is 2. The van der Waals surface area contributed by atoms with E-state index in [0.29, 0.717) is 23.1 Å². The highest BCUT2D eigenvalue weighted by Gasteiger charge is 2.29. The zero-order valence-electron chi connectivity index (χ0n) is 11.9. The van der Waals surface area contributed by atoms with E-state index in [0.717, 1.165) is 0 Å². The molecular weight excluding hydrogens is 290 g/mol. The summed E-state index contributed by atoms with van der Waals surface area (Å²) in [5, 5.41) is 8.98. The number of ether oxygens (including phenoxy) is 1. The Bertz CT molecular complexity index is 806. The number of hydrogen-bond acceptors (Lipinski definition) is 4. The Morgan fingerprint density at radius 3 is 2.91 bits per heavy atom. The van der Waals surface area contributed by atoms with Gasteiger partial charge in [0.15, 0.2) is 6.10 Å². The number of morpholine rings is 1. The Balaban J connectivity index is 1.90. The van der Waals surface area contributed by atoms with Crippen LogP contribution in [0.15, 0.2) is 23.0 Å². The van der Waals surface area contributed by atoms with E-state index in [-0.39, 0.29) is 24.7 Å². The van der Waals surface area contributed by atoms with Crippen LogP contribution in [0.4, 0.5) is 0 Å². The van der Waals surface area contributed by atoms with Gasteiger partial charge in [0, 0.05) is 19.2 Å². The molecule has 1 aromatic carbocycles. The number of benzene rings is 1. The summed E-state index contributed by atoms with van der Waals surface area (Å²) in [4.78, 5) is 39.2. The number of amides is 1. The largest absolute Gasteiger partial charge is 0.479 e. The van der Waals surface area contributed by atoms with Crippen molar-refractivity contribution in [1.82, 2.24) is 14.5 Å². The number of aryl methyl sites for hydroxylation is 1. The van der Waals surface area contributed by atoms with Gasteiger partial charge in [-0.2, -0.15) is 0 Å². The van der Waals surface area contributed by atoms with E-state index in [1.54, 1.807) is 25.2 Å². The monoisotopic (exact) mass is 305 g/mol. The average molecular weight is 305 g/mol. The van der Waals surface area contributed by atoms with Gasteiger partial charge in [0.25, 0.3) is 5.91 Å². The van der Waals surface area contributed by atoms with Crippen molar-refractivity contribution in [1.29, 1.82) is 0 Å². The van der Waals surface area contributed by atoms with E-state index in [1.165, 1.54) is 9.47 Å². The van der Waals surface area contributed by atoms with Crippen LogP contribution in [0.5, 0.6) is 0 Å². The van der Waals surface area contributed by atoms with E-state index in [1.807, 2.05) is 0 Å². The molecule has 1 atom stereocenters. The lowest BCUT2D eigenvalue weighted by molar-refractivity contribution is -0.154. The van der Waals surface area contributed by atoms with Crippen LogP contribution in [0.25, 0.3) is 11.0 Å². The summed E-state index contributed by atoms with van der Waals surface area (Å²) < 4.78 is 6.53. The summed E-state index contributed by atoms with van der Waals surface area (Å²) in [6.45, 7) is 0.540. The third-order valence-corrected chi connectivity index (χ3v) is 3.78. The van der Waals surface area contributed by atoms with E-state index >= 15 is 0 Å². The number of aromatic amines is 1. The van der Waals surface area contributed by atoms with Gasteiger partial charge in [-0.1, -0.05) is 0 Å². The highest BCUT2D eigenvalue weighted by Crippen LogP contribution is 2.16. The number of nitrogens with one attached hydrogen (secondary N) is 1. The molecule has 1 aromatic heterocycles. The van der Waals surface area contributed by atoms with Gasteiger partial charge in [0.1, 0.15) is 0 Å². The van der Waals surface area contributed by atoms with Crippen LogP contribution in [0.2, 0.25) is 0 Å². The summed E-state index contributed by atoms with van der Waals surface area (Å²) >= 11 is 0. The molecule has 0 saturated carbocycles. The quantitative estimate of drug-likeness (QED) is 0.799. The first-order chi connectivity index (χ1) is 10.5. The zero-order chi connectivity index (χ0) is 15.9. The molecule has 2 aromatic rings. The second kappa shape index (κ2) is 5.30. The molecule has 1 unspecified atom stereocenters. The van der Waals surface area contributed by atoms with Gasteiger partial charge in [-0.05, 0) is 18.2 Å². The molecule has 0 spiro atoms. The topological polar surface area (TPSA) is 105 Å². The number of H-pyrrole nitrogens is 1. The third kappa shape index (κ3) is 2.37. The molecule has 8 heteroatoms. The molecule has 2 N–H and O–H groups in total. The number of aliphatic carboxylic acids is 1. The Kier molecular flexibility index (Phi) is 3.45. The van der Waals surface area contributed by atoms with Crippen molar-refractivity contribution < 1.29 is 19.4 Å². The first-order valence-electron chi connectivity index (χ1n) is 6.80. The van der Waals surface area contributed by atoms with Crippen LogP contribution in [-0.4, -0.2) is 57.2 Å². The molecule has 1 aliphatic rings. The second-order valence-corrected chi connectivity index (χ2v) is 5.17. The van der Waals surface area contributed by atoms with Crippen LogP contribution < -0.4 is 5.69 Å². The summed E-state index contributed by atoms with van der Waals surface area (Å²) in [6, 6.07) is 4.91. The molecule has 0 aliphatic carbocycles. The maximum Gasteiger partial charge on any atom is 0.334 e. The van der Waals surface area contributed by atoms with Crippen molar-refractivity contribution >= 4 is 22.9 Å². The first kappa shape index (κ1) is 14.3. The Morgan fingerprint density at radius 2 is 2.18 bits per heavy atom. The molecule has 2 heterocycles. The van der Waals surface area contributed by atoms with Crippen LogP contribution in [0, 0.1) is 0 Å². The summed E-state index contributed by atoms with van der Waals surface area (Å²) in [7, 11) is 1.62. The number of fused-ring (bicyclic) bond motifs is 1. The van der Waals surface area contributed by atoms with Crippen LogP contribution in [0.3, 0.4) is 0 Å². The first-order valence-corrected chi connectivity index (χ1v) is 6.80. The Hall–Kier alpha value is -2.61. The number of carboxylic acid groups (broad SMARTS) is 1. The molecular formula is C14H15N3O5. The molecule has 0 bridgehead atoms. The highest BCUT2D eigenvalue weighted by atomic mass is 16.5. The van der Waals surface area contributed by atoms with E-state index < -0.39 is 12.1 Å². The van der Waals surface area contributed by atoms with Crippen molar-refractivity contribution in [3.63, 3.8) is 0 Å². The van der Waals surface area contributed by atoms with Gasteiger partial charge in [-0.15, -0.1) is 0 Å². The number of carboxylic acids is 1. The highest BCUT2D eigenvalue weighted by molar-refractivity contribution is 5.97. The normalized spacial score (nSPS) is 18.6. The smallest absolute Gasteiger partial charge is 0.334 e. The number of carbonyl (C=O) groups is 2. The molecule has 22 heavy (non-hydrogen) atoms. The minimum Gasteiger partial charge on any atom is -0.479 e. The molecule has 1 amide bonds. The van der Waals surface area contributed by atoms with Gasteiger partial charge in [-0.3, -0.25) is 9.36 Å². The van der Waals surface area contributed by atoms with Gasteiger partial charge in [-0.25, -0.2) is 9.59 Å². The minimum absolute atomic E-state index is 0.0122. The maximum atomic E-state index is 12.5. The number of carbonyl (C=O) groups excluding carboxylic acids is 1. The zero-order valence-corrected chi connectivity index (χ0v) is 11.9. The number of hydrogen-bond donors (Lipinski definition) is 2. The third-order valence-electron chi connectivity index (χ3n) is 3.78. The predicted octanol–water partition coefficient (Wildman–Crippen LogP) is -0.208. The Morgan fingerprint density at radius 1 is 1.41 bits per heavy atom. The van der Waals surface area contributed by atoms with Crippen molar-refractivity contribution in [3.8, 4) is 0 Å². The van der Waals surface area contributed by atoms with Gasteiger partial charge >= 0.3 is 11.7 Å². The van der Waals surface area contributed by atoms with Crippen molar-refractivity contribution in [2.75, 3.05) is 19.7 Å². The molecule has 1 aliphatic heterocycles. The SMILES string of the molecule is Cn1c(=O)[nH]c2ccc(C(=O)N3CCOC(C(=O)O)C3)cc21. The van der Waals surface area contributed by atoms with E-state index in [2.05, 4.69) is 4.98 Å². The summed E-state index contributed by atoms with van der Waals surface area (Å²) in [5.74, 6) is -1.36. The van der Waals surface area contributed by atoms with Crippen LogP contribution >= 0.6 is 0 Å². The fourth-order valence-corrected chi connectivity index (χ4v) is 2.52. The standard InChI is InChI=1S/C14H15N3O5/c1-16-10-6-8(2-3-9(10)15-14(16)21)12(18)17-4-5-22-11(7-17)13(19)20/h2-3,6,11H,4-5,7H2,1H3,(H,15,21)(H,19,20). The molecule has 116 valence electrons. The Labute approximate surface area is 124 Å². The number of imidazole rings is 1. The second-order valence-electron chi connectivity index (χ2n) is 5.17. The molecule has 0 radical (unpaired) electrons. The average Bonchev–Trinajstić information content (AvgIpc) is 2.81. The number of aromatic nitrogens is 2. The van der Waals surface area contributed by atoms with Crippen molar-refractivity contribution in [2.24, 2.45) is 7.05 Å². The van der Waals surface area contributed by atoms with Crippen LogP contribution in [0.1, 0.15) is 10.4 Å². The molecule has 3 rings (SSSR count). The van der Waals surface area contributed by atoms with Crippen LogP contribution in [-0.2, 0) is 16.6 Å². The summed E-state index contributed by atoms with van der Waals surface area (Å²) in [6.07, 6.45) is -1.00. The van der Waals surface area contributed by atoms with E-state index in [9.17, 15) is 14.4 Å². The lowest BCUT2D eigenvalue weighted by Crippen LogP contribution is -2.48. The molecule has 1 saturated heterocycles. The number of nitrogens with zero attached hydrogens (tertiary/aromatic N) is 2. The predicted molar refractivity (Wildman–Crippen MR) is 76.8 cm³/mol. The molecule has 1 fully saturated rings. The van der Waals surface area contributed by atoms with Crippen molar-refractivity contribution in [2.45, 2.75) is 6.10 Å². The lowest BCUT2D eigenvalue weighted by atomic mass is 10.1. The van der Waals surface area contributed by atoms with E-state index in [4.69, 9.17) is 9.84 Å². The van der Waals surface area contributed by atoms with Gasteiger partial charge < -0.3 is 19.7 Å². The fraction of sp³-hybridized carbons (Fsp3) is 0.357. The fourth-order valence-electron chi connectivity index (χ4n) is 2.52.